The van der Waals surface area contributed by atoms with Gasteiger partial charge in [-0.3, -0.25) is 9.78 Å². The van der Waals surface area contributed by atoms with Crippen LogP contribution < -0.4 is 0 Å². The summed E-state index contributed by atoms with van der Waals surface area (Å²) in [7, 11) is 0. The van der Waals surface area contributed by atoms with Crippen LogP contribution in [-0.2, 0) is 18.9 Å². The minimum absolute atomic E-state index is 0.0137. The summed E-state index contributed by atoms with van der Waals surface area (Å²) in [5.74, 6) is -0.554. The molecule has 14 heteroatoms. The Hall–Kier alpha value is -4.52. The largest absolute Gasteiger partial charge is 0.416 e. The number of ketones is 1. The van der Waals surface area contributed by atoms with Crippen molar-refractivity contribution in [3.05, 3.63) is 106 Å². The first-order valence-electron chi connectivity index (χ1n) is 11.3. The Kier molecular flexibility index (Phi) is 6.92. The Balaban J connectivity index is 1.64. The van der Waals surface area contributed by atoms with E-state index in [2.05, 4.69) is 20.5 Å². The Bertz CT molecular complexity index is 1660. The fourth-order valence-electron chi connectivity index (χ4n) is 4.01. The van der Waals surface area contributed by atoms with E-state index in [0.717, 1.165) is 10.9 Å². The van der Waals surface area contributed by atoms with Crippen LogP contribution in [-0.4, -0.2) is 30.9 Å². The number of rotatable bonds is 6. The molecule has 0 atom stereocenters. The minimum Gasteiger partial charge on any atom is -0.363 e. The first kappa shape index (κ1) is 27.1. The van der Waals surface area contributed by atoms with Crippen LogP contribution in [0.15, 0.2) is 77.8 Å². The zero-order valence-corrected chi connectivity index (χ0v) is 20.6. The monoisotopic (exact) mass is 577 g/mol. The normalized spacial score (nSPS) is 12.1. The van der Waals surface area contributed by atoms with Gasteiger partial charge in [-0.25, -0.2) is 4.68 Å². The average molecular weight is 578 g/mol. The SMILES string of the molecule is O=C(c1ccccc1Cl)c1conc1-c1nnn(Cc2cc(C(F)(F)F)cc(C(F)(F)F)c2)c1-c1cccnc1. The van der Waals surface area contributed by atoms with Crippen LogP contribution in [0.25, 0.3) is 22.6 Å². The van der Waals surface area contributed by atoms with Crippen LogP contribution in [0.4, 0.5) is 26.3 Å². The van der Waals surface area contributed by atoms with Crippen LogP contribution in [0.5, 0.6) is 0 Å². The van der Waals surface area contributed by atoms with Crippen LogP contribution in [0.1, 0.15) is 32.6 Å². The first-order chi connectivity index (χ1) is 18.9. The van der Waals surface area contributed by atoms with E-state index in [9.17, 15) is 31.1 Å². The molecule has 5 rings (SSSR count). The number of alkyl halides is 6. The molecule has 3 heterocycles. The lowest BCUT2D eigenvalue weighted by atomic mass is 10.0. The van der Waals surface area contributed by atoms with Crippen molar-refractivity contribution in [2.45, 2.75) is 18.9 Å². The summed E-state index contributed by atoms with van der Waals surface area (Å²) < 4.78 is 86.7. The predicted molar refractivity (Wildman–Crippen MR) is 129 cm³/mol. The highest BCUT2D eigenvalue weighted by atomic mass is 35.5. The highest BCUT2D eigenvalue weighted by molar-refractivity contribution is 6.35. The van der Waals surface area contributed by atoms with Crippen molar-refractivity contribution in [1.29, 1.82) is 0 Å². The van der Waals surface area contributed by atoms with Crippen LogP contribution >= 0.6 is 11.6 Å². The number of halogens is 7. The molecule has 7 nitrogen and oxygen atoms in total. The van der Waals surface area contributed by atoms with Gasteiger partial charge in [0.2, 0.25) is 0 Å². The molecule has 0 saturated carbocycles. The van der Waals surface area contributed by atoms with E-state index in [0.29, 0.717) is 17.7 Å². The van der Waals surface area contributed by atoms with Crippen molar-refractivity contribution in [3.63, 3.8) is 0 Å². The van der Waals surface area contributed by atoms with E-state index in [1.54, 1.807) is 24.3 Å². The number of carbonyl (C=O) groups excluding carboxylic acids is 1. The number of aromatic nitrogens is 5. The standard InChI is InChI=1S/C26H14ClF6N5O2/c27-20-6-2-1-5-18(20)24(39)19-13-40-36-21(19)22-23(15-4-3-7-34-11-15)38(37-35-22)12-14-8-16(25(28,29)30)10-17(9-14)26(31,32)33/h1-11,13H,12H2. The maximum atomic E-state index is 13.4. The van der Waals surface area contributed by atoms with Gasteiger partial charge < -0.3 is 4.52 Å². The number of benzene rings is 2. The van der Waals surface area contributed by atoms with E-state index in [-0.39, 0.29) is 44.9 Å². The molecule has 0 N–H and O–H groups in total. The summed E-state index contributed by atoms with van der Waals surface area (Å²) in [6.45, 7) is -0.532. The molecule has 0 aliphatic rings. The second-order valence-corrected chi connectivity index (χ2v) is 8.89. The molecule has 3 aromatic heterocycles. The summed E-state index contributed by atoms with van der Waals surface area (Å²) in [6, 6.07) is 10.6. The lowest BCUT2D eigenvalue weighted by Gasteiger charge is -2.15. The predicted octanol–water partition coefficient (Wildman–Crippen LogP) is 6.97. The van der Waals surface area contributed by atoms with E-state index in [1.807, 2.05) is 0 Å². The van der Waals surface area contributed by atoms with Gasteiger partial charge in [0.25, 0.3) is 0 Å². The zero-order valence-electron chi connectivity index (χ0n) is 19.8. The molecular weight excluding hydrogens is 564 g/mol. The Labute approximate surface area is 226 Å². The van der Waals surface area contributed by atoms with Crippen molar-refractivity contribution < 1.29 is 35.7 Å². The zero-order chi connectivity index (χ0) is 28.7. The van der Waals surface area contributed by atoms with Crippen LogP contribution in [0.2, 0.25) is 5.02 Å². The summed E-state index contributed by atoms with van der Waals surface area (Å²) in [5.41, 5.74) is -2.76. The summed E-state index contributed by atoms with van der Waals surface area (Å²) in [6.07, 6.45) is -6.12. The van der Waals surface area contributed by atoms with Gasteiger partial charge in [0.1, 0.15) is 23.3 Å². The van der Waals surface area contributed by atoms with E-state index in [4.69, 9.17) is 16.1 Å². The Morgan fingerprint density at radius 1 is 0.900 bits per heavy atom. The Morgan fingerprint density at radius 3 is 2.23 bits per heavy atom. The molecular formula is C26H14ClF6N5O2. The van der Waals surface area contributed by atoms with E-state index in [1.165, 1.54) is 24.5 Å². The van der Waals surface area contributed by atoms with Crippen molar-refractivity contribution in [2.24, 2.45) is 0 Å². The average Bonchev–Trinajstić information content (AvgIpc) is 3.55. The smallest absolute Gasteiger partial charge is 0.363 e. The van der Waals surface area contributed by atoms with Crippen LogP contribution in [0.3, 0.4) is 0 Å². The van der Waals surface area contributed by atoms with E-state index < -0.39 is 35.8 Å². The lowest BCUT2D eigenvalue weighted by Crippen LogP contribution is -2.13. The minimum atomic E-state index is -5.02. The fourth-order valence-corrected chi connectivity index (χ4v) is 4.24. The topological polar surface area (TPSA) is 86.7 Å². The van der Waals surface area contributed by atoms with Crippen molar-refractivity contribution >= 4 is 17.4 Å². The first-order valence-corrected chi connectivity index (χ1v) is 11.7. The molecule has 0 aliphatic carbocycles. The molecule has 0 saturated heterocycles. The molecule has 0 amide bonds. The number of carbonyl (C=O) groups is 1. The quantitative estimate of drug-likeness (QED) is 0.160. The number of nitrogens with zero attached hydrogens (tertiary/aromatic N) is 5. The summed E-state index contributed by atoms with van der Waals surface area (Å²) >= 11 is 6.17. The third-order valence-electron chi connectivity index (χ3n) is 5.81. The number of hydrogen-bond acceptors (Lipinski definition) is 6. The second kappa shape index (κ2) is 10.2. The second-order valence-electron chi connectivity index (χ2n) is 8.49. The van der Waals surface area contributed by atoms with Gasteiger partial charge in [-0.2, -0.15) is 26.3 Å². The molecule has 40 heavy (non-hydrogen) atoms. The maximum absolute atomic E-state index is 13.4. The molecule has 0 fully saturated rings. The molecule has 204 valence electrons. The molecule has 0 aliphatic heterocycles. The highest BCUT2D eigenvalue weighted by Crippen LogP contribution is 2.38. The van der Waals surface area contributed by atoms with E-state index >= 15 is 0 Å². The van der Waals surface area contributed by atoms with Crippen molar-refractivity contribution in [3.8, 4) is 22.6 Å². The lowest BCUT2D eigenvalue weighted by molar-refractivity contribution is -0.143. The molecule has 0 bridgehead atoms. The number of pyridine rings is 1. The van der Waals surface area contributed by atoms with Crippen LogP contribution in [0, 0.1) is 0 Å². The van der Waals surface area contributed by atoms with Crippen molar-refractivity contribution in [1.82, 2.24) is 25.1 Å². The number of hydrogen-bond donors (Lipinski definition) is 0. The molecule has 0 spiro atoms. The Morgan fingerprint density at radius 2 is 1.60 bits per heavy atom. The van der Waals surface area contributed by atoms with Gasteiger partial charge in [0.05, 0.1) is 28.3 Å². The third kappa shape index (κ3) is 5.32. The molecule has 0 unspecified atom stereocenters. The fraction of sp³-hybridized carbons (Fsp3) is 0.115. The maximum Gasteiger partial charge on any atom is 0.416 e. The summed E-state index contributed by atoms with van der Waals surface area (Å²) in [4.78, 5) is 17.3. The molecule has 5 aromatic rings. The molecule has 2 aromatic carbocycles. The third-order valence-corrected chi connectivity index (χ3v) is 6.14. The molecule has 0 radical (unpaired) electrons. The van der Waals surface area contributed by atoms with Gasteiger partial charge in [0, 0.05) is 23.5 Å². The van der Waals surface area contributed by atoms with Gasteiger partial charge in [-0.15, -0.1) is 5.10 Å². The van der Waals surface area contributed by atoms with Crippen molar-refractivity contribution in [2.75, 3.05) is 0 Å². The summed E-state index contributed by atoms with van der Waals surface area (Å²) in [5, 5.41) is 12.1. The highest BCUT2D eigenvalue weighted by Gasteiger charge is 2.37. The van der Waals surface area contributed by atoms with Gasteiger partial charge in [0.15, 0.2) is 5.78 Å². The van der Waals surface area contributed by atoms with Gasteiger partial charge in [-0.1, -0.05) is 34.1 Å². The van der Waals surface area contributed by atoms with Gasteiger partial charge >= 0.3 is 12.4 Å². The van der Waals surface area contributed by atoms with Gasteiger partial charge in [-0.05, 0) is 48.0 Å².